The number of fused-ring (bicyclic) bond motifs is 7. The summed E-state index contributed by atoms with van der Waals surface area (Å²) in [5.41, 5.74) is 12.4. The third-order valence-electron chi connectivity index (χ3n) is 10.1. The van der Waals surface area contributed by atoms with Gasteiger partial charge >= 0.3 is 5.82 Å². The van der Waals surface area contributed by atoms with Crippen molar-refractivity contribution in [1.29, 1.82) is 0 Å². The van der Waals surface area contributed by atoms with Gasteiger partial charge < -0.3 is 8.83 Å². The zero-order valence-electron chi connectivity index (χ0n) is 32.0. The summed E-state index contributed by atoms with van der Waals surface area (Å²) in [5.74, 6) is 1.20. The van der Waals surface area contributed by atoms with Crippen LogP contribution in [0.1, 0.15) is 66.2 Å². The highest BCUT2D eigenvalue weighted by molar-refractivity contribution is 6.13. The van der Waals surface area contributed by atoms with Crippen LogP contribution in [0.4, 0.5) is 0 Å². The number of aryl methyl sites for hydroxylation is 3. The van der Waals surface area contributed by atoms with Gasteiger partial charge in [-0.15, -0.1) is 0 Å². The summed E-state index contributed by atoms with van der Waals surface area (Å²) in [7, 11) is 2.06. The summed E-state index contributed by atoms with van der Waals surface area (Å²) in [6, 6.07) is 33.1. The summed E-state index contributed by atoms with van der Waals surface area (Å²) in [4.78, 5) is 9.96. The van der Waals surface area contributed by atoms with E-state index in [2.05, 4.69) is 98.5 Å². The molecule has 0 aliphatic heterocycles. The van der Waals surface area contributed by atoms with Gasteiger partial charge in [0.25, 0.3) is 0 Å². The Balaban J connectivity index is 1.44. The molecule has 246 valence electrons. The molecule has 5 heterocycles. The number of aromatic nitrogens is 4. The van der Waals surface area contributed by atoms with E-state index in [1.54, 1.807) is 0 Å². The molecule has 0 saturated heterocycles. The lowest BCUT2D eigenvalue weighted by Crippen LogP contribution is -2.31. The molecule has 0 radical (unpaired) electrons. The van der Waals surface area contributed by atoms with Gasteiger partial charge in [-0.3, -0.25) is 4.98 Å². The molecule has 0 amide bonds. The van der Waals surface area contributed by atoms with Gasteiger partial charge in [-0.2, -0.15) is 4.57 Å². The van der Waals surface area contributed by atoms with Gasteiger partial charge in [0.1, 0.15) is 27.9 Å². The first-order valence-corrected chi connectivity index (χ1v) is 17.2. The van der Waals surface area contributed by atoms with Gasteiger partial charge in [0.05, 0.1) is 23.8 Å². The fourth-order valence-electron chi connectivity index (χ4n) is 7.68. The van der Waals surface area contributed by atoms with Gasteiger partial charge in [-0.05, 0) is 73.1 Å². The van der Waals surface area contributed by atoms with E-state index in [-0.39, 0.29) is 17.5 Å². The van der Waals surface area contributed by atoms with Gasteiger partial charge in [0.2, 0.25) is 0 Å². The molecule has 0 saturated carbocycles. The number of pyridine rings is 2. The van der Waals surface area contributed by atoms with Gasteiger partial charge in [0.15, 0.2) is 27.8 Å². The van der Waals surface area contributed by atoms with Crippen LogP contribution in [0.5, 0.6) is 0 Å². The van der Waals surface area contributed by atoms with E-state index in [1.807, 2.05) is 49.4 Å². The summed E-state index contributed by atoms with van der Waals surface area (Å²) < 4.78 is 43.4. The fraction of sp³-hybridized carbons (Fsp3) is 0.205. The molecule has 5 aromatic heterocycles. The van der Waals surface area contributed by atoms with Crippen LogP contribution in [-0.4, -0.2) is 14.5 Å². The largest absolute Gasteiger partial charge is 0.454 e. The molecule has 0 unspecified atom stereocenters. The van der Waals surface area contributed by atoms with Gasteiger partial charge in [-0.25, -0.2) is 9.55 Å². The van der Waals surface area contributed by atoms with Crippen molar-refractivity contribution in [3.8, 4) is 28.2 Å². The van der Waals surface area contributed by atoms with Crippen molar-refractivity contribution < 1.29 is 17.5 Å². The minimum Gasteiger partial charge on any atom is -0.454 e. The molecule has 0 aliphatic rings. The topological polar surface area (TPSA) is 60.9 Å². The molecule has 6 nitrogen and oxygen atoms in total. The number of rotatable bonds is 5. The zero-order valence-corrected chi connectivity index (χ0v) is 29.0. The second-order valence-corrected chi connectivity index (χ2v) is 13.9. The Labute approximate surface area is 294 Å². The molecular weight excluding hydrogens is 617 g/mol. The first kappa shape index (κ1) is 27.1. The van der Waals surface area contributed by atoms with Crippen molar-refractivity contribution in [3.63, 3.8) is 0 Å². The van der Waals surface area contributed by atoms with Crippen LogP contribution in [-0.2, 0) is 7.05 Å². The summed E-state index contributed by atoms with van der Waals surface area (Å²) >= 11 is 0. The number of para-hydroxylation sites is 3. The van der Waals surface area contributed by atoms with Gasteiger partial charge in [0, 0.05) is 26.7 Å². The first-order valence-electron chi connectivity index (χ1n) is 18.7. The highest BCUT2D eigenvalue weighted by atomic mass is 16.3. The molecule has 4 aromatic carbocycles. The molecule has 50 heavy (non-hydrogen) atoms. The lowest BCUT2D eigenvalue weighted by atomic mass is 9.88. The van der Waals surface area contributed by atoms with Crippen molar-refractivity contribution in [2.24, 2.45) is 7.05 Å². The maximum atomic E-state index is 8.63. The normalized spacial score (nSPS) is 13.4. The molecule has 9 aromatic rings. The lowest BCUT2D eigenvalue weighted by molar-refractivity contribution is -0.633. The molecule has 0 spiro atoms. The molecule has 0 N–H and O–H groups in total. The zero-order chi connectivity index (χ0) is 36.9. The summed E-state index contributed by atoms with van der Waals surface area (Å²) in [6.45, 7) is 8.31. The Morgan fingerprint density at radius 1 is 0.700 bits per heavy atom. The maximum absolute atomic E-state index is 8.63. The molecule has 0 aliphatic carbocycles. The molecule has 6 heteroatoms. The van der Waals surface area contributed by atoms with E-state index < -0.39 is 6.85 Å². The second-order valence-electron chi connectivity index (χ2n) is 13.9. The number of hydrogen-bond donors (Lipinski definition) is 0. The minimum atomic E-state index is -2.52. The van der Waals surface area contributed by atoms with Crippen molar-refractivity contribution in [3.05, 3.63) is 120 Å². The molecule has 0 fully saturated rings. The van der Waals surface area contributed by atoms with E-state index in [0.717, 1.165) is 27.9 Å². The monoisotopic (exact) mass is 658 g/mol. The lowest BCUT2D eigenvalue weighted by Gasteiger charge is -2.21. The molecular formula is C44H39N4O2+. The standard InChI is InChI=1S/C44H39N4O2/c1-24(2)31-21-29(28-15-9-8-10-16-28)22-32(25(3)4)42(31)48-34-19-13-12-18-33(34)47(7)44(48)39-27(6)45-26(5)38-41-37(50-43(38)39)23-36-40(46-41)30-17-11-14-20-35(30)49-36/h8-25H,1-7H3/q+1/i5D3. The molecule has 0 atom stereocenters. The Bertz CT molecular complexity index is 2880. The Morgan fingerprint density at radius 2 is 1.38 bits per heavy atom. The minimum absolute atomic E-state index is 0.0320. The van der Waals surface area contributed by atoms with Gasteiger partial charge in [-0.1, -0.05) is 82.3 Å². The Morgan fingerprint density at radius 3 is 2.12 bits per heavy atom. The maximum Gasteiger partial charge on any atom is 0.300 e. The predicted molar refractivity (Wildman–Crippen MR) is 203 cm³/mol. The fourth-order valence-corrected chi connectivity index (χ4v) is 7.68. The third-order valence-corrected chi connectivity index (χ3v) is 10.1. The average Bonchev–Trinajstić information content (AvgIpc) is 3.78. The Kier molecular flexibility index (Phi) is 6.04. The quantitative estimate of drug-likeness (QED) is 0.173. The van der Waals surface area contributed by atoms with Crippen LogP contribution in [0.15, 0.2) is 106 Å². The summed E-state index contributed by atoms with van der Waals surface area (Å²) in [6.07, 6.45) is 0. The smallest absolute Gasteiger partial charge is 0.300 e. The van der Waals surface area contributed by atoms with E-state index in [1.165, 1.54) is 22.3 Å². The van der Waals surface area contributed by atoms with Crippen LogP contribution in [0.2, 0.25) is 0 Å². The second kappa shape index (κ2) is 11.1. The molecule has 0 bridgehead atoms. The third kappa shape index (κ3) is 4.37. The highest BCUT2D eigenvalue weighted by Crippen LogP contribution is 2.44. The number of nitrogens with zero attached hydrogens (tertiary/aromatic N) is 4. The van der Waals surface area contributed by atoms with Crippen molar-refractivity contribution in [1.82, 2.24) is 14.5 Å². The van der Waals surface area contributed by atoms with E-state index in [0.29, 0.717) is 50.0 Å². The number of benzene rings is 4. The highest BCUT2D eigenvalue weighted by Gasteiger charge is 2.35. The van der Waals surface area contributed by atoms with E-state index in [4.69, 9.17) is 22.9 Å². The number of hydrogen-bond acceptors (Lipinski definition) is 4. The SMILES string of the molecule is [2H]C([2H])([2H])c1nc(C)c(-c2n(-c3c(C(C)C)cc(-c4ccccc4)cc3C(C)C)c3ccccc3[n+]2C)c2oc3cc4oc5ccccc5c4nc3c12. The predicted octanol–water partition coefficient (Wildman–Crippen LogP) is 11.2. The van der Waals surface area contributed by atoms with Crippen LogP contribution >= 0.6 is 0 Å². The van der Waals surface area contributed by atoms with Crippen molar-refractivity contribution >= 4 is 55.2 Å². The van der Waals surface area contributed by atoms with Crippen molar-refractivity contribution in [2.45, 2.75) is 53.3 Å². The van der Waals surface area contributed by atoms with Crippen LogP contribution in [0.3, 0.4) is 0 Å². The number of imidazole rings is 1. The van der Waals surface area contributed by atoms with E-state index >= 15 is 0 Å². The van der Waals surface area contributed by atoms with Crippen molar-refractivity contribution in [2.75, 3.05) is 0 Å². The summed E-state index contributed by atoms with van der Waals surface area (Å²) in [5, 5.41) is 1.24. The van der Waals surface area contributed by atoms with Crippen LogP contribution in [0, 0.1) is 13.8 Å². The average molecular weight is 659 g/mol. The first-order chi connectivity index (χ1) is 25.4. The Hall–Kier alpha value is -5.75. The van der Waals surface area contributed by atoms with Crippen LogP contribution in [0.25, 0.3) is 83.4 Å². The van der Waals surface area contributed by atoms with Crippen LogP contribution < -0.4 is 4.57 Å². The number of furan rings is 2. The molecule has 9 rings (SSSR count). The van der Waals surface area contributed by atoms with E-state index in [9.17, 15) is 0 Å².